The van der Waals surface area contributed by atoms with Crippen LogP contribution in [0.25, 0.3) is 0 Å². The second-order valence-electron chi connectivity index (χ2n) is 3.05. The van der Waals surface area contributed by atoms with Crippen LogP contribution in [0, 0.1) is 6.92 Å². The first-order valence-electron chi connectivity index (χ1n) is 4.32. The molecule has 2 aromatic heterocycles. The predicted molar refractivity (Wildman–Crippen MR) is 52.5 cm³/mol. The number of pyridine rings is 1. The summed E-state index contributed by atoms with van der Waals surface area (Å²) in [6.07, 6.45) is 3.30. The van der Waals surface area contributed by atoms with Crippen LogP contribution in [0.4, 0.5) is 5.82 Å². The molecule has 0 saturated heterocycles. The molecule has 2 heterocycles. The fraction of sp³-hybridized carbons (Fsp3) is 0.222. The number of aromatic nitrogens is 4. The Morgan fingerprint density at radius 2 is 2.36 bits per heavy atom. The molecule has 0 radical (unpaired) electrons. The van der Waals surface area contributed by atoms with Crippen LogP contribution in [0.1, 0.15) is 11.3 Å². The summed E-state index contributed by atoms with van der Waals surface area (Å²) >= 11 is 0. The van der Waals surface area contributed by atoms with Gasteiger partial charge in [0, 0.05) is 11.9 Å². The zero-order valence-corrected chi connectivity index (χ0v) is 7.88. The van der Waals surface area contributed by atoms with Crippen molar-refractivity contribution in [3.05, 3.63) is 35.8 Å². The predicted octanol–water partition coefficient (Wildman–Crippen LogP) is 0.612. The number of nitrogen functional groups attached to an aromatic ring is 1. The van der Waals surface area contributed by atoms with E-state index in [4.69, 9.17) is 5.73 Å². The van der Waals surface area contributed by atoms with Gasteiger partial charge in [-0.2, -0.15) is 9.90 Å². The quantitative estimate of drug-likeness (QED) is 0.751. The Morgan fingerprint density at radius 1 is 1.50 bits per heavy atom. The number of nitrogens with zero attached hydrogens (tertiary/aromatic N) is 4. The maximum atomic E-state index is 5.46. The van der Waals surface area contributed by atoms with E-state index >= 15 is 0 Å². The van der Waals surface area contributed by atoms with E-state index in [2.05, 4.69) is 15.2 Å². The highest BCUT2D eigenvalue weighted by Gasteiger charge is 2.01. The molecule has 5 heteroatoms. The molecule has 0 fully saturated rings. The van der Waals surface area contributed by atoms with Gasteiger partial charge in [-0.05, 0) is 18.6 Å². The Morgan fingerprint density at radius 3 is 3.00 bits per heavy atom. The smallest absolute Gasteiger partial charge is 0.165 e. The van der Waals surface area contributed by atoms with Crippen LogP contribution < -0.4 is 5.73 Å². The van der Waals surface area contributed by atoms with Crippen LogP contribution in [0.5, 0.6) is 0 Å². The van der Waals surface area contributed by atoms with Crippen LogP contribution in [-0.4, -0.2) is 20.0 Å². The van der Waals surface area contributed by atoms with Crippen LogP contribution in [0.3, 0.4) is 0 Å². The summed E-state index contributed by atoms with van der Waals surface area (Å²) in [5.74, 6) is 0.437. The monoisotopic (exact) mass is 189 g/mol. The fourth-order valence-corrected chi connectivity index (χ4v) is 1.22. The lowest BCUT2D eigenvalue weighted by Crippen LogP contribution is -2.06. The van der Waals surface area contributed by atoms with E-state index in [1.54, 1.807) is 11.0 Å². The minimum atomic E-state index is 0.437. The van der Waals surface area contributed by atoms with Crippen molar-refractivity contribution in [1.82, 2.24) is 20.0 Å². The molecule has 0 aliphatic heterocycles. The molecule has 0 aliphatic carbocycles. The third kappa shape index (κ3) is 1.71. The Kier molecular flexibility index (Phi) is 2.14. The molecule has 0 saturated carbocycles. The normalized spacial score (nSPS) is 10.4. The Hall–Kier alpha value is -1.91. The average Bonchev–Trinajstić information content (AvgIpc) is 2.56. The minimum absolute atomic E-state index is 0.437. The van der Waals surface area contributed by atoms with Crippen molar-refractivity contribution in [2.24, 2.45) is 0 Å². The van der Waals surface area contributed by atoms with Crippen molar-refractivity contribution in [1.29, 1.82) is 0 Å². The van der Waals surface area contributed by atoms with E-state index in [-0.39, 0.29) is 0 Å². The van der Waals surface area contributed by atoms with Crippen LogP contribution in [0.2, 0.25) is 0 Å². The van der Waals surface area contributed by atoms with Crippen molar-refractivity contribution in [2.75, 3.05) is 5.73 Å². The molecule has 0 amide bonds. The number of aryl methyl sites for hydroxylation is 1. The molecule has 14 heavy (non-hydrogen) atoms. The van der Waals surface area contributed by atoms with E-state index in [1.807, 2.05) is 19.1 Å². The van der Waals surface area contributed by atoms with Crippen LogP contribution in [0.15, 0.2) is 24.5 Å². The summed E-state index contributed by atoms with van der Waals surface area (Å²) in [4.78, 5) is 5.74. The van der Waals surface area contributed by atoms with Gasteiger partial charge in [-0.25, -0.2) is 0 Å². The highest BCUT2D eigenvalue weighted by molar-refractivity contribution is 5.21. The molecule has 0 aromatic carbocycles. The molecule has 0 aliphatic rings. The first-order valence-corrected chi connectivity index (χ1v) is 4.32. The summed E-state index contributed by atoms with van der Waals surface area (Å²) in [5.41, 5.74) is 7.55. The maximum absolute atomic E-state index is 5.46. The van der Waals surface area contributed by atoms with Crippen molar-refractivity contribution in [3.63, 3.8) is 0 Å². The zero-order chi connectivity index (χ0) is 9.97. The molecule has 72 valence electrons. The summed E-state index contributed by atoms with van der Waals surface area (Å²) in [5, 5.41) is 8.01. The average molecular weight is 189 g/mol. The maximum Gasteiger partial charge on any atom is 0.165 e. The summed E-state index contributed by atoms with van der Waals surface area (Å²) < 4.78 is 0. The second kappa shape index (κ2) is 3.45. The molecule has 2 aromatic rings. The summed E-state index contributed by atoms with van der Waals surface area (Å²) in [6, 6.07) is 3.90. The van der Waals surface area contributed by atoms with Crippen LogP contribution in [-0.2, 0) is 6.54 Å². The van der Waals surface area contributed by atoms with Crippen molar-refractivity contribution < 1.29 is 0 Å². The Bertz CT molecular complexity index is 434. The first-order chi connectivity index (χ1) is 6.75. The van der Waals surface area contributed by atoms with Gasteiger partial charge in [0.2, 0.25) is 0 Å². The van der Waals surface area contributed by atoms with E-state index in [0.29, 0.717) is 12.4 Å². The Labute approximate surface area is 81.6 Å². The number of hydrogen-bond donors (Lipinski definition) is 1. The molecule has 0 spiro atoms. The van der Waals surface area contributed by atoms with Gasteiger partial charge in [-0.3, -0.25) is 4.98 Å². The van der Waals surface area contributed by atoms with Gasteiger partial charge in [0.25, 0.3) is 0 Å². The number of anilines is 1. The molecule has 2 rings (SSSR count). The molecule has 2 N–H and O–H groups in total. The van der Waals surface area contributed by atoms with E-state index in [0.717, 1.165) is 11.3 Å². The minimum Gasteiger partial charge on any atom is -0.381 e. The van der Waals surface area contributed by atoms with Crippen molar-refractivity contribution in [2.45, 2.75) is 13.5 Å². The van der Waals surface area contributed by atoms with Gasteiger partial charge < -0.3 is 5.73 Å². The topological polar surface area (TPSA) is 69.6 Å². The summed E-state index contributed by atoms with van der Waals surface area (Å²) in [7, 11) is 0. The zero-order valence-electron chi connectivity index (χ0n) is 7.88. The Balaban J connectivity index is 2.23. The molecule has 0 atom stereocenters. The lowest BCUT2D eigenvalue weighted by atomic mass is 10.2. The number of rotatable bonds is 2. The SMILES string of the molecule is Cc1ncccc1Cn1ncc(N)n1. The highest BCUT2D eigenvalue weighted by Crippen LogP contribution is 2.05. The lowest BCUT2D eigenvalue weighted by molar-refractivity contribution is 0.589. The fourth-order valence-electron chi connectivity index (χ4n) is 1.22. The summed E-state index contributed by atoms with van der Waals surface area (Å²) in [6.45, 7) is 2.57. The van der Waals surface area contributed by atoms with Gasteiger partial charge in [-0.15, -0.1) is 5.10 Å². The third-order valence-electron chi connectivity index (χ3n) is 1.98. The van der Waals surface area contributed by atoms with Gasteiger partial charge in [-0.1, -0.05) is 6.07 Å². The molecular formula is C9H11N5. The molecular weight excluding hydrogens is 178 g/mol. The van der Waals surface area contributed by atoms with E-state index < -0.39 is 0 Å². The van der Waals surface area contributed by atoms with Gasteiger partial charge in [0.15, 0.2) is 5.82 Å². The standard InChI is InChI=1S/C9H11N5/c1-7-8(3-2-4-11-7)6-14-12-5-9(10)13-14/h2-5H,6H2,1H3,(H2,10,13). The van der Waals surface area contributed by atoms with Gasteiger partial charge in [0.1, 0.15) is 0 Å². The van der Waals surface area contributed by atoms with Gasteiger partial charge in [0.05, 0.1) is 12.7 Å². The first kappa shape index (κ1) is 8.68. The van der Waals surface area contributed by atoms with E-state index in [1.165, 1.54) is 6.20 Å². The largest absolute Gasteiger partial charge is 0.381 e. The van der Waals surface area contributed by atoms with Crippen molar-refractivity contribution in [3.8, 4) is 0 Å². The number of nitrogens with two attached hydrogens (primary N) is 1. The van der Waals surface area contributed by atoms with Crippen LogP contribution >= 0.6 is 0 Å². The lowest BCUT2D eigenvalue weighted by Gasteiger charge is -2.02. The molecule has 0 bridgehead atoms. The van der Waals surface area contributed by atoms with Gasteiger partial charge >= 0.3 is 0 Å². The third-order valence-corrected chi connectivity index (χ3v) is 1.98. The number of hydrogen-bond acceptors (Lipinski definition) is 4. The van der Waals surface area contributed by atoms with Crippen molar-refractivity contribution >= 4 is 5.82 Å². The molecule has 5 nitrogen and oxygen atoms in total. The van der Waals surface area contributed by atoms with E-state index in [9.17, 15) is 0 Å². The second-order valence-corrected chi connectivity index (χ2v) is 3.05. The molecule has 0 unspecified atom stereocenters. The highest BCUT2D eigenvalue weighted by atomic mass is 15.5.